The van der Waals surface area contributed by atoms with Gasteiger partial charge in [0.1, 0.15) is 0 Å². The second-order valence-electron chi connectivity index (χ2n) is 5.87. The number of methoxy groups -OCH3 is 1. The topological polar surface area (TPSA) is 99.2 Å². The minimum absolute atomic E-state index is 0.111. The minimum Gasteiger partial charge on any atom is -0.480 e. The molecule has 0 aliphatic heterocycles. The Labute approximate surface area is 148 Å². The molecule has 4 rings (SSSR count). The first-order chi connectivity index (χ1) is 12.6. The van der Waals surface area contributed by atoms with E-state index in [1.165, 1.54) is 0 Å². The second kappa shape index (κ2) is 6.43. The molecule has 0 aliphatic carbocycles. The zero-order valence-corrected chi connectivity index (χ0v) is 14.4. The molecule has 0 saturated carbocycles. The van der Waals surface area contributed by atoms with Crippen LogP contribution in [0.25, 0.3) is 16.7 Å². The van der Waals surface area contributed by atoms with Gasteiger partial charge in [-0.1, -0.05) is 0 Å². The average Bonchev–Trinajstić information content (AvgIpc) is 3.23. The van der Waals surface area contributed by atoms with Gasteiger partial charge in [0.25, 0.3) is 0 Å². The molecule has 132 valence electrons. The van der Waals surface area contributed by atoms with Crippen LogP contribution in [0, 0.1) is 0 Å². The molecule has 9 heteroatoms. The smallest absolute Gasteiger partial charge is 0.231 e. The van der Waals surface area contributed by atoms with E-state index in [-0.39, 0.29) is 12.3 Å². The Kier molecular flexibility index (Phi) is 3.96. The van der Waals surface area contributed by atoms with Crippen molar-refractivity contribution in [3.8, 4) is 5.88 Å². The van der Waals surface area contributed by atoms with Gasteiger partial charge in [0.05, 0.1) is 24.5 Å². The average molecular weight is 351 g/mol. The lowest BCUT2D eigenvalue weighted by molar-refractivity contribution is -0.116. The summed E-state index contributed by atoms with van der Waals surface area (Å²) >= 11 is 0. The summed E-state index contributed by atoms with van der Waals surface area (Å²) < 4.78 is 8.63. The molecule has 0 unspecified atom stereocenters. The fraction of sp³-hybridized carbons (Fsp3) is 0.235. The van der Waals surface area contributed by atoms with Gasteiger partial charge in [-0.05, 0) is 24.3 Å². The van der Waals surface area contributed by atoms with Crippen molar-refractivity contribution in [3.05, 3.63) is 42.5 Å². The Morgan fingerprint density at radius 2 is 2.12 bits per heavy atom. The van der Waals surface area contributed by atoms with E-state index in [1.807, 2.05) is 29.8 Å². The Morgan fingerprint density at radius 3 is 2.96 bits per heavy atom. The number of carbonyl (C=O) groups excluding carboxylic acids is 1. The summed E-state index contributed by atoms with van der Waals surface area (Å²) in [5.74, 6) is 0.959. The lowest BCUT2D eigenvalue weighted by atomic mass is 10.2. The molecule has 0 saturated heterocycles. The summed E-state index contributed by atoms with van der Waals surface area (Å²) in [5.41, 5.74) is 3.18. The number of carbonyl (C=O) groups is 1. The number of hydrogen-bond donors (Lipinski definition) is 1. The van der Waals surface area contributed by atoms with Crippen molar-refractivity contribution in [1.29, 1.82) is 0 Å². The van der Waals surface area contributed by atoms with Gasteiger partial charge in [-0.2, -0.15) is 4.52 Å². The number of rotatable bonds is 5. The fourth-order valence-electron chi connectivity index (χ4n) is 2.74. The molecular weight excluding hydrogens is 334 g/mol. The molecule has 0 fully saturated rings. The van der Waals surface area contributed by atoms with Crippen LogP contribution in [0.5, 0.6) is 5.88 Å². The van der Waals surface area contributed by atoms with Gasteiger partial charge in [0.15, 0.2) is 11.5 Å². The zero-order chi connectivity index (χ0) is 18.1. The van der Waals surface area contributed by atoms with E-state index < -0.39 is 0 Å². The molecule has 0 radical (unpaired) electrons. The van der Waals surface area contributed by atoms with Gasteiger partial charge in [0.2, 0.25) is 11.8 Å². The van der Waals surface area contributed by atoms with E-state index in [0.29, 0.717) is 29.5 Å². The lowest BCUT2D eigenvalue weighted by Crippen LogP contribution is -2.13. The molecule has 4 aromatic rings. The summed E-state index contributed by atoms with van der Waals surface area (Å²) in [5, 5.41) is 15.3. The number of aryl methyl sites for hydroxylation is 2. The number of fused-ring (bicyclic) bond motifs is 2. The Hall–Kier alpha value is -3.49. The molecule has 26 heavy (non-hydrogen) atoms. The standard InChI is InChI=1S/C17H17N7O2/c1-23-10-18-12-9-11(3-4-13(12)23)19-16(25)7-5-14-20-21-15-6-8-17(26-2)22-24(14)15/h3-4,6,8-10H,5,7H2,1-2H3,(H,19,25). The monoisotopic (exact) mass is 351 g/mol. The number of benzene rings is 1. The molecule has 3 aromatic heterocycles. The van der Waals surface area contributed by atoms with Crippen molar-refractivity contribution >= 4 is 28.3 Å². The van der Waals surface area contributed by atoms with Crippen molar-refractivity contribution in [2.75, 3.05) is 12.4 Å². The highest BCUT2D eigenvalue weighted by molar-refractivity contribution is 5.93. The van der Waals surface area contributed by atoms with Crippen LogP contribution in [0.2, 0.25) is 0 Å². The molecule has 1 aromatic carbocycles. The van der Waals surface area contributed by atoms with E-state index in [9.17, 15) is 4.79 Å². The molecule has 1 N–H and O–H groups in total. The molecule has 0 aliphatic rings. The number of imidazole rings is 1. The second-order valence-corrected chi connectivity index (χ2v) is 5.87. The predicted molar refractivity (Wildman–Crippen MR) is 95.0 cm³/mol. The summed E-state index contributed by atoms with van der Waals surface area (Å²) in [6.45, 7) is 0. The third-order valence-corrected chi connectivity index (χ3v) is 4.10. The van der Waals surface area contributed by atoms with Crippen molar-refractivity contribution in [2.45, 2.75) is 12.8 Å². The van der Waals surface area contributed by atoms with Gasteiger partial charge >= 0.3 is 0 Å². The lowest BCUT2D eigenvalue weighted by Gasteiger charge is -2.05. The molecule has 0 atom stereocenters. The van der Waals surface area contributed by atoms with Crippen LogP contribution in [-0.4, -0.2) is 42.4 Å². The maximum Gasteiger partial charge on any atom is 0.231 e. The molecule has 1 amide bonds. The van der Waals surface area contributed by atoms with Crippen molar-refractivity contribution in [3.63, 3.8) is 0 Å². The van der Waals surface area contributed by atoms with E-state index in [2.05, 4.69) is 25.6 Å². The predicted octanol–water partition coefficient (Wildman–Crippen LogP) is 1.59. The number of aromatic nitrogens is 6. The SMILES string of the molecule is COc1ccc2nnc(CCC(=O)Nc3ccc4c(c3)ncn4C)n2n1. The summed E-state index contributed by atoms with van der Waals surface area (Å²) in [6, 6.07) is 9.13. The van der Waals surface area contributed by atoms with E-state index in [1.54, 1.807) is 30.1 Å². The normalized spacial score (nSPS) is 11.2. The quantitative estimate of drug-likeness (QED) is 0.586. The van der Waals surface area contributed by atoms with Crippen LogP contribution in [-0.2, 0) is 18.3 Å². The van der Waals surface area contributed by atoms with Crippen LogP contribution in [0.15, 0.2) is 36.7 Å². The zero-order valence-electron chi connectivity index (χ0n) is 14.4. The van der Waals surface area contributed by atoms with Crippen LogP contribution < -0.4 is 10.1 Å². The van der Waals surface area contributed by atoms with E-state index in [4.69, 9.17) is 4.74 Å². The first-order valence-electron chi connectivity index (χ1n) is 8.10. The van der Waals surface area contributed by atoms with Crippen LogP contribution in [0.1, 0.15) is 12.2 Å². The van der Waals surface area contributed by atoms with Crippen LogP contribution in [0.4, 0.5) is 5.69 Å². The van der Waals surface area contributed by atoms with Crippen LogP contribution >= 0.6 is 0 Å². The van der Waals surface area contributed by atoms with Crippen molar-refractivity contribution < 1.29 is 9.53 Å². The molecular formula is C17H17N7O2. The van der Waals surface area contributed by atoms with Crippen molar-refractivity contribution in [2.24, 2.45) is 7.05 Å². The maximum absolute atomic E-state index is 12.3. The van der Waals surface area contributed by atoms with Crippen LogP contribution in [0.3, 0.4) is 0 Å². The maximum atomic E-state index is 12.3. The fourth-order valence-corrected chi connectivity index (χ4v) is 2.74. The highest BCUT2D eigenvalue weighted by atomic mass is 16.5. The third-order valence-electron chi connectivity index (χ3n) is 4.10. The number of nitrogens with one attached hydrogen (secondary N) is 1. The highest BCUT2D eigenvalue weighted by Crippen LogP contribution is 2.18. The number of amides is 1. The van der Waals surface area contributed by atoms with Crippen molar-refractivity contribution in [1.82, 2.24) is 29.4 Å². The number of ether oxygens (including phenoxy) is 1. The van der Waals surface area contributed by atoms with Gasteiger partial charge < -0.3 is 14.6 Å². The van der Waals surface area contributed by atoms with E-state index >= 15 is 0 Å². The molecule has 9 nitrogen and oxygen atoms in total. The first-order valence-corrected chi connectivity index (χ1v) is 8.10. The first kappa shape index (κ1) is 16.0. The summed E-state index contributed by atoms with van der Waals surface area (Å²) in [4.78, 5) is 16.6. The number of nitrogens with zero attached hydrogens (tertiary/aromatic N) is 6. The molecule has 0 spiro atoms. The highest BCUT2D eigenvalue weighted by Gasteiger charge is 2.11. The minimum atomic E-state index is -0.111. The third kappa shape index (κ3) is 2.94. The van der Waals surface area contributed by atoms with Gasteiger partial charge in [-0.15, -0.1) is 15.3 Å². The number of hydrogen-bond acceptors (Lipinski definition) is 6. The Balaban J connectivity index is 1.44. The van der Waals surface area contributed by atoms with Gasteiger partial charge in [0, 0.05) is 31.6 Å². The Morgan fingerprint density at radius 1 is 1.23 bits per heavy atom. The number of anilines is 1. The van der Waals surface area contributed by atoms with Gasteiger partial charge in [-0.25, -0.2) is 4.98 Å². The summed E-state index contributed by atoms with van der Waals surface area (Å²) in [6.07, 6.45) is 2.42. The molecule has 0 bridgehead atoms. The van der Waals surface area contributed by atoms with E-state index in [0.717, 1.165) is 11.0 Å². The summed E-state index contributed by atoms with van der Waals surface area (Å²) in [7, 11) is 3.48. The molecule has 3 heterocycles. The van der Waals surface area contributed by atoms with Gasteiger partial charge in [-0.3, -0.25) is 4.79 Å². The largest absolute Gasteiger partial charge is 0.480 e. The Bertz CT molecular complexity index is 1100.